The van der Waals surface area contributed by atoms with Gasteiger partial charge in [0.25, 0.3) is 0 Å². The molecule has 1 atom stereocenters. The molecule has 0 saturated heterocycles. The first-order valence-corrected chi connectivity index (χ1v) is 7.92. The van der Waals surface area contributed by atoms with Gasteiger partial charge in [0, 0.05) is 19.2 Å². The Morgan fingerprint density at radius 1 is 1.12 bits per heavy atom. The van der Waals surface area contributed by atoms with Crippen LogP contribution in [0.5, 0.6) is 11.5 Å². The predicted octanol–water partition coefficient (Wildman–Crippen LogP) is 2.78. The van der Waals surface area contributed by atoms with E-state index in [2.05, 4.69) is 6.07 Å². The molecule has 0 bridgehead atoms. The Bertz CT molecular complexity index is 773. The van der Waals surface area contributed by atoms with Gasteiger partial charge < -0.3 is 20.1 Å². The Kier molecular flexibility index (Phi) is 4.34. The highest BCUT2D eigenvalue weighted by Crippen LogP contribution is 2.39. The fraction of sp³-hybridized carbons (Fsp3) is 0.316. The lowest BCUT2D eigenvalue weighted by atomic mass is 9.87. The number of hydrogen-bond donors (Lipinski definition) is 1. The first-order valence-electron chi connectivity index (χ1n) is 7.92. The molecule has 5 heteroatoms. The number of nitrogen functional groups attached to an aromatic ring is 1. The second-order valence-corrected chi connectivity index (χ2v) is 5.94. The maximum absolute atomic E-state index is 12.2. The van der Waals surface area contributed by atoms with Crippen LogP contribution in [0, 0.1) is 0 Å². The number of carbonyl (C=O) groups is 1. The molecule has 1 aliphatic heterocycles. The molecule has 1 unspecified atom stereocenters. The van der Waals surface area contributed by atoms with Crippen molar-refractivity contribution >= 4 is 11.6 Å². The molecule has 24 heavy (non-hydrogen) atoms. The highest BCUT2D eigenvalue weighted by atomic mass is 16.5. The zero-order valence-corrected chi connectivity index (χ0v) is 14.2. The zero-order valence-electron chi connectivity index (χ0n) is 14.2. The minimum absolute atomic E-state index is 0.0443. The molecule has 2 aromatic carbocycles. The molecule has 0 saturated carbocycles. The number of ether oxygens (including phenoxy) is 2. The quantitative estimate of drug-likeness (QED) is 0.881. The molecule has 0 aromatic heterocycles. The monoisotopic (exact) mass is 326 g/mol. The average Bonchev–Trinajstić information content (AvgIpc) is 2.59. The number of hydrogen-bond acceptors (Lipinski definition) is 4. The molecular formula is C19H22N2O3. The van der Waals surface area contributed by atoms with E-state index in [0.717, 1.165) is 17.5 Å². The third-order valence-corrected chi connectivity index (χ3v) is 4.53. The molecule has 3 rings (SSSR count). The van der Waals surface area contributed by atoms with Gasteiger partial charge in [-0.3, -0.25) is 4.79 Å². The van der Waals surface area contributed by atoms with Crippen LogP contribution in [-0.2, 0) is 11.2 Å². The molecule has 1 heterocycles. The van der Waals surface area contributed by atoms with E-state index in [9.17, 15) is 4.79 Å². The number of anilines is 1. The van der Waals surface area contributed by atoms with Crippen LogP contribution in [0.4, 0.5) is 5.69 Å². The molecule has 1 amide bonds. The molecule has 126 valence electrons. The molecule has 0 fully saturated rings. The SMILES string of the molecule is COc1ccc(C2c3cc(N)ccc3CCN2C(C)=O)cc1OC. The minimum Gasteiger partial charge on any atom is -0.493 e. The summed E-state index contributed by atoms with van der Waals surface area (Å²) in [4.78, 5) is 14.1. The van der Waals surface area contributed by atoms with E-state index in [0.29, 0.717) is 23.7 Å². The smallest absolute Gasteiger partial charge is 0.220 e. The lowest BCUT2D eigenvalue weighted by Crippen LogP contribution is -2.39. The van der Waals surface area contributed by atoms with Crippen LogP contribution in [0.3, 0.4) is 0 Å². The Morgan fingerprint density at radius 3 is 2.54 bits per heavy atom. The van der Waals surface area contributed by atoms with Crippen molar-refractivity contribution < 1.29 is 14.3 Å². The van der Waals surface area contributed by atoms with Crippen molar-refractivity contribution in [2.75, 3.05) is 26.5 Å². The van der Waals surface area contributed by atoms with Crippen molar-refractivity contribution in [2.24, 2.45) is 0 Å². The van der Waals surface area contributed by atoms with Crippen molar-refractivity contribution in [1.29, 1.82) is 0 Å². The third-order valence-electron chi connectivity index (χ3n) is 4.53. The Morgan fingerprint density at radius 2 is 1.88 bits per heavy atom. The summed E-state index contributed by atoms with van der Waals surface area (Å²) >= 11 is 0. The second-order valence-electron chi connectivity index (χ2n) is 5.94. The molecule has 2 aromatic rings. The summed E-state index contributed by atoms with van der Waals surface area (Å²) in [6.45, 7) is 2.29. The fourth-order valence-electron chi connectivity index (χ4n) is 3.36. The molecule has 0 spiro atoms. The number of carbonyl (C=O) groups excluding carboxylic acids is 1. The van der Waals surface area contributed by atoms with Gasteiger partial charge in [0.1, 0.15) is 0 Å². The van der Waals surface area contributed by atoms with Crippen LogP contribution < -0.4 is 15.2 Å². The Hall–Kier alpha value is -2.69. The van der Waals surface area contributed by atoms with E-state index >= 15 is 0 Å². The summed E-state index contributed by atoms with van der Waals surface area (Å²) in [5.41, 5.74) is 9.97. The van der Waals surface area contributed by atoms with Gasteiger partial charge in [0.2, 0.25) is 5.91 Å². The third kappa shape index (κ3) is 2.77. The number of nitrogens with zero attached hydrogens (tertiary/aromatic N) is 1. The molecular weight excluding hydrogens is 304 g/mol. The fourth-order valence-corrected chi connectivity index (χ4v) is 3.36. The number of nitrogens with two attached hydrogens (primary N) is 1. The maximum atomic E-state index is 12.2. The van der Waals surface area contributed by atoms with E-state index in [1.54, 1.807) is 21.1 Å². The van der Waals surface area contributed by atoms with Crippen molar-refractivity contribution in [3.8, 4) is 11.5 Å². The van der Waals surface area contributed by atoms with Crippen molar-refractivity contribution in [1.82, 2.24) is 4.90 Å². The number of rotatable bonds is 3. The summed E-state index contributed by atoms with van der Waals surface area (Å²) in [7, 11) is 3.22. The van der Waals surface area contributed by atoms with Crippen molar-refractivity contribution in [3.63, 3.8) is 0 Å². The van der Waals surface area contributed by atoms with Crippen molar-refractivity contribution in [2.45, 2.75) is 19.4 Å². The van der Waals surface area contributed by atoms with Crippen LogP contribution in [0.15, 0.2) is 36.4 Å². The van der Waals surface area contributed by atoms with Crippen LogP contribution in [0.25, 0.3) is 0 Å². The van der Waals surface area contributed by atoms with Gasteiger partial charge in [-0.05, 0) is 47.4 Å². The summed E-state index contributed by atoms with van der Waals surface area (Å²) in [5, 5.41) is 0. The maximum Gasteiger partial charge on any atom is 0.220 e. The highest BCUT2D eigenvalue weighted by Gasteiger charge is 2.31. The topological polar surface area (TPSA) is 64.8 Å². The number of methoxy groups -OCH3 is 2. The first kappa shape index (κ1) is 16.2. The summed E-state index contributed by atoms with van der Waals surface area (Å²) in [5.74, 6) is 1.36. The molecule has 1 aliphatic rings. The largest absolute Gasteiger partial charge is 0.493 e. The summed E-state index contributed by atoms with van der Waals surface area (Å²) in [6, 6.07) is 11.5. The molecule has 0 radical (unpaired) electrons. The molecule has 0 aliphatic carbocycles. The van der Waals surface area contributed by atoms with E-state index in [-0.39, 0.29) is 11.9 Å². The number of amides is 1. The van der Waals surface area contributed by atoms with Gasteiger partial charge in [-0.2, -0.15) is 0 Å². The highest BCUT2D eigenvalue weighted by molar-refractivity contribution is 5.75. The van der Waals surface area contributed by atoms with Crippen LogP contribution >= 0.6 is 0 Å². The Labute approximate surface area is 142 Å². The first-order chi connectivity index (χ1) is 11.5. The van der Waals surface area contributed by atoms with Gasteiger partial charge >= 0.3 is 0 Å². The standard InChI is InChI=1S/C19H22N2O3/c1-12(22)21-9-8-13-4-6-15(20)11-16(13)19(21)14-5-7-17(23-2)18(10-14)24-3/h4-7,10-11,19H,8-9,20H2,1-3H3. The van der Waals surface area contributed by atoms with E-state index in [4.69, 9.17) is 15.2 Å². The molecule has 2 N–H and O–H groups in total. The van der Waals surface area contributed by atoms with Gasteiger partial charge in [-0.25, -0.2) is 0 Å². The zero-order chi connectivity index (χ0) is 17.3. The van der Waals surface area contributed by atoms with E-state index < -0.39 is 0 Å². The molecule has 5 nitrogen and oxygen atoms in total. The van der Waals surface area contributed by atoms with E-state index in [1.165, 1.54) is 5.56 Å². The van der Waals surface area contributed by atoms with Crippen LogP contribution in [0.1, 0.15) is 29.7 Å². The van der Waals surface area contributed by atoms with Gasteiger partial charge in [0.05, 0.1) is 20.3 Å². The average molecular weight is 326 g/mol. The minimum atomic E-state index is -0.172. The van der Waals surface area contributed by atoms with Gasteiger partial charge in [-0.1, -0.05) is 12.1 Å². The normalized spacial score (nSPS) is 16.5. The summed E-state index contributed by atoms with van der Waals surface area (Å²) in [6.07, 6.45) is 0.832. The second kappa shape index (κ2) is 6.43. The lowest BCUT2D eigenvalue weighted by Gasteiger charge is -2.37. The predicted molar refractivity (Wildman–Crippen MR) is 93.3 cm³/mol. The van der Waals surface area contributed by atoms with Crippen molar-refractivity contribution in [3.05, 3.63) is 53.1 Å². The van der Waals surface area contributed by atoms with Gasteiger partial charge in [-0.15, -0.1) is 0 Å². The number of fused-ring (bicyclic) bond motifs is 1. The van der Waals surface area contributed by atoms with Crippen LogP contribution in [-0.4, -0.2) is 31.6 Å². The number of benzene rings is 2. The van der Waals surface area contributed by atoms with Gasteiger partial charge in [0.15, 0.2) is 11.5 Å². The van der Waals surface area contributed by atoms with E-state index in [1.807, 2.05) is 35.2 Å². The Balaban J connectivity index is 2.15. The lowest BCUT2D eigenvalue weighted by molar-refractivity contribution is -0.130. The summed E-state index contributed by atoms with van der Waals surface area (Å²) < 4.78 is 10.7. The van der Waals surface area contributed by atoms with Crippen LogP contribution in [0.2, 0.25) is 0 Å².